The van der Waals surface area contributed by atoms with Gasteiger partial charge in [-0.1, -0.05) is 6.07 Å². The standard InChI is InChI=1S/C14H13FN2OS/c1-9-10-6-8-19-12(10)5-7-17(9)14(18)11-3-2-4-13(15)16-11/h2-4,6,8-9H,5,7H2,1H3. The topological polar surface area (TPSA) is 33.2 Å². The van der Waals surface area contributed by atoms with Gasteiger partial charge in [0, 0.05) is 11.4 Å². The Balaban J connectivity index is 1.90. The number of halogens is 1. The van der Waals surface area contributed by atoms with Gasteiger partial charge < -0.3 is 4.90 Å². The van der Waals surface area contributed by atoms with Crippen LogP contribution in [0, 0.1) is 5.95 Å². The van der Waals surface area contributed by atoms with Crippen molar-refractivity contribution in [3.8, 4) is 0 Å². The molecule has 1 aliphatic rings. The van der Waals surface area contributed by atoms with Crippen LogP contribution < -0.4 is 0 Å². The van der Waals surface area contributed by atoms with E-state index >= 15 is 0 Å². The van der Waals surface area contributed by atoms with Gasteiger partial charge in [-0.05, 0) is 42.5 Å². The second kappa shape index (κ2) is 4.74. The van der Waals surface area contributed by atoms with E-state index in [1.165, 1.54) is 22.6 Å². The monoisotopic (exact) mass is 276 g/mol. The van der Waals surface area contributed by atoms with Crippen molar-refractivity contribution in [1.82, 2.24) is 9.88 Å². The number of hydrogen-bond acceptors (Lipinski definition) is 3. The average Bonchev–Trinajstić information content (AvgIpc) is 2.88. The Morgan fingerprint density at radius 3 is 3.11 bits per heavy atom. The summed E-state index contributed by atoms with van der Waals surface area (Å²) in [4.78, 5) is 19.2. The predicted octanol–water partition coefficient (Wildman–Crippen LogP) is 3.04. The number of nitrogens with zero attached hydrogens (tertiary/aromatic N) is 2. The van der Waals surface area contributed by atoms with Crippen LogP contribution in [0.5, 0.6) is 0 Å². The minimum absolute atomic E-state index is 0.0209. The Morgan fingerprint density at radius 2 is 2.32 bits per heavy atom. The third-order valence-corrected chi connectivity index (χ3v) is 4.47. The zero-order chi connectivity index (χ0) is 13.4. The van der Waals surface area contributed by atoms with Gasteiger partial charge in [-0.25, -0.2) is 4.98 Å². The van der Waals surface area contributed by atoms with Crippen molar-refractivity contribution in [2.45, 2.75) is 19.4 Å². The van der Waals surface area contributed by atoms with E-state index < -0.39 is 5.95 Å². The maximum absolute atomic E-state index is 13.1. The molecule has 1 amide bonds. The minimum atomic E-state index is -0.619. The Bertz CT molecular complexity index is 625. The summed E-state index contributed by atoms with van der Waals surface area (Å²) in [6.07, 6.45) is 0.860. The van der Waals surface area contributed by atoms with Crippen LogP contribution in [0.25, 0.3) is 0 Å². The molecule has 0 saturated heterocycles. The number of amides is 1. The fourth-order valence-electron chi connectivity index (χ4n) is 2.46. The summed E-state index contributed by atoms with van der Waals surface area (Å²) >= 11 is 1.73. The van der Waals surface area contributed by atoms with Gasteiger partial charge in [0.2, 0.25) is 5.95 Å². The van der Waals surface area contributed by atoms with Crippen LogP contribution in [0.2, 0.25) is 0 Å². The van der Waals surface area contributed by atoms with Gasteiger partial charge in [-0.15, -0.1) is 11.3 Å². The van der Waals surface area contributed by atoms with Gasteiger partial charge in [0.05, 0.1) is 6.04 Å². The van der Waals surface area contributed by atoms with E-state index in [1.54, 1.807) is 22.3 Å². The van der Waals surface area contributed by atoms with Crippen molar-refractivity contribution in [3.05, 3.63) is 51.7 Å². The Morgan fingerprint density at radius 1 is 1.47 bits per heavy atom. The molecule has 3 rings (SSSR count). The van der Waals surface area contributed by atoms with Crippen LogP contribution in [0.4, 0.5) is 4.39 Å². The third kappa shape index (κ3) is 2.14. The van der Waals surface area contributed by atoms with Gasteiger partial charge >= 0.3 is 0 Å². The summed E-state index contributed by atoms with van der Waals surface area (Å²) in [6, 6.07) is 6.39. The average molecular weight is 276 g/mol. The molecule has 0 aliphatic carbocycles. The summed E-state index contributed by atoms with van der Waals surface area (Å²) in [7, 11) is 0. The molecule has 1 aliphatic heterocycles. The van der Waals surface area contributed by atoms with E-state index in [-0.39, 0.29) is 17.6 Å². The van der Waals surface area contributed by atoms with Crippen molar-refractivity contribution in [1.29, 1.82) is 0 Å². The number of carbonyl (C=O) groups excluding carboxylic acids is 1. The molecule has 1 atom stereocenters. The lowest BCUT2D eigenvalue weighted by molar-refractivity contribution is 0.0672. The van der Waals surface area contributed by atoms with Crippen LogP contribution in [0.1, 0.15) is 33.9 Å². The Kier molecular flexibility index (Phi) is 3.06. The first kappa shape index (κ1) is 12.3. The molecule has 3 heterocycles. The highest BCUT2D eigenvalue weighted by Crippen LogP contribution is 2.33. The van der Waals surface area contributed by atoms with Crippen molar-refractivity contribution in [3.63, 3.8) is 0 Å². The molecule has 0 spiro atoms. The second-order valence-electron chi connectivity index (χ2n) is 4.57. The smallest absolute Gasteiger partial charge is 0.273 e. The SMILES string of the molecule is CC1c2ccsc2CCN1C(=O)c1cccc(F)n1. The fourth-order valence-corrected chi connectivity index (χ4v) is 3.42. The van der Waals surface area contributed by atoms with Gasteiger partial charge in [-0.3, -0.25) is 4.79 Å². The van der Waals surface area contributed by atoms with Crippen LogP contribution >= 0.6 is 11.3 Å². The van der Waals surface area contributed by atoms with Gasteiger partial charge in [0.25, 0.3) is 5.91 Å². The number of carbonyl (C=O) groups is 1. The van der Waals surface area contributed by atoms with E-state index in [1.807, 2.05) is 6.92 Å². The van der Waals surface area contributed by atoms with Crippen LogP contribution in [-0.2, 0) is 6.42 Å². The highest BCUT2D eigenvalue weighted by molar-refractivity contribution is 7.10. The molecule has 19 heavy (non-hydrogen) atoms. The maximum Gasteiger partial charge on any atom is 0.273 e. The van der Waals surface area contributed by atoms with Crippen molar-refractivity contribution in [2.75, 3.05) is 6.54 Å². The molecule has 3 nitrogen and oxygen atoms in total. The first-order valence-electron chi connectivity index (χ1n) is 6.16. The maximum atomic E-state index is 13.1. The number of hydrogen-bond donors (Lipinski definition) is 0. The molecule has 0 fully saturated rings. The van der Waals surface area contributed by atoms with E-state index in [2.05, 4.69) is 16.4 Å². The number of fused-ring (bicyclic) bond motifs is 1. The molecule has 2 aromatic heterocycles. The third-order valence-electron chi connectivity index (χ3n) is 3.47. The van der Waals surface area contributed by atoms with Gasteiger partial charge in [0.1, 0.15) is 5.69 Å². The zero-order valence-electron chi connectivity index (χ0n) is 10.5. The summed E-state index contributed by atoms with van der Waals surface area (Å²) in [5.74, 6) is -0.824. The molecule has 0 aromatic carbocycles. The quantitative estimate of drug-likeness (QED) is 0.750. The normalized spacial score (nSPS) is 18.2. The molecule has 0 saturated carbocycles. The van der Waals surface area contributed by atoms with Crippen molar-refractivity contribution in [2.24, 2.45) is 0 Å². The Labute approximate surface area is 114 Å². The largest absolute Gasteiger partial charge is 0.330 e. The molecule has 1 unspecified atom stereocenters. The lowest BCUT2D eigenvalue weighted by Gasteiger charge is -2.33. The molecule has 0 N–H and O–H groups in total. The second-order valence-corrected chi connectivity index (χ2v) is 5.57. The van der Waals surface area contributed by atoms with Gasteiger partial charge in [-0.2, -0.15) is 4.39 Å². The fraction of sp³-hybridized carbons (Fsp3) is 0.286. The predicted molar refractivity (Wildman–Crippen MR) is 71.7 cm³/mol. The summed E-state index contributed by atoms with van der Waals surface area (Å²) in [5.41, 5.74) is 1.37. The summed E-state index contributed by atoms with van der Waals surface area (Å²) < 4.78 is 13.1. The van der Waals surface area contributed by atoms with Crippen molar-refractivity contribution >= 4 is 17.2 Å². The van der Waals surface area contributed by atoms with Crippen LogP contribution in [0.15, 0.2) is 29.6 Å². The number of rotatable bonds is 1. The highest BCUT2D eigenvalue weighted by atomic mass is 32.1. The van der Waals surface area contributed by atoms with Crippen LogP contribution in [0.3, 0.4) is 0 Å². The van der Waals surface area contributed by atoms with E-state index in [4.69, 9.17) is 0 Å². The molecule has 2 aromatic rings. The van der Waals surface area contributed by atoms with E-state index in [0.717, 1.165) is 6.42 Å². The van der Waals surface area contributed by atoms with E-state index in [0.29, 0.717) is 6.54 Å². The lowest BCUT2D eigenvalue weighted by atomic mass is 10.0. The van der Waals surface area contributed by atoms with Crippen molar-refractivity contribution < 1.29 is 9.18 Å². The minimum Gasteiger partial charge on any atom is -0.330 e. The molecular weight excluding hydrogens is 263 g/mol. The number of thiophene rings is 1. The van der Waals surface area contributed by atoms with Crippen LogP contribution in [-0.4, -0.2) is 22.3 Å². The molecule has 0 bridgehead atoms. The molecule has 0 radical (unpaired) electrons. The van der Waals surface area contributed by atoms with Gasteiger partial charge in [0.15, 0.2) is 0 Å². The van der Waals surface area contributed by atoms with E-state index in [9.17, 15) is 9.18 Å². The summed E-state index contributed by atoms with van der Waals surface area (Å²) in [6.45, 7) is 2.66. The summed E-state index contributed by atoms with van der Waals surface area (Å²) in [5, 5.41) is 2.05. The zero-order valence-corrected chi connectivity index (χ0v) is 11.3. The first-order valence-corrected chi connectivity index (χ1v) is 7.04. The number of pyridine rings is 1. The molecule has 5 heteroatoms. The number of aromatic nitrogens is 1. The lowest BCUT2D eigenvalue weighted by Crippen LogP contribution is -2.38. The highest BCUT2D eigenvalue weighted by Gasteiger charge is 2.29. The first-order chi connectivity index (χ1) is 9.16. The molecular formula is C14H13FN2OS. The molecule has 98 valence electrons. The Hall–Kier alpha value is -1.75.